The van der Waals surface area contributed by atoms with Crippen LogP contribution in [0.15, 0.2) is 53.4 Å². The van der Waals surface area contributed by atoms with Gasteiger partial charge in [-0.2, -0.15) is 0 Å². The van der Waals surface area contributed by atoms with Crippen molar-refractivity contribution >= 4 is 34.1 Å². The van der Waals surface area contributed by atoms with Crippen molar-refractivity contribution in [2.24, 2.45) is 0 Å². The molecule has 108 valence electrons. The second-order valence-electron chi connectivity index (χ2n) is 4.22. The second kappa shape index (κ2) is 5.29. The van der Waals surface area contributed by atoms with Crippen molar-refractivity contribution in [1.82, 2.24) is 0 Å². The Morgan fingerprint density at radius 3 is 2.43 bits per heavy atom. The van der Waals surface area contributed by atoms with Gasteiger partial charge in [-0.25, -0.2) is 0 Å². The molecule has 2 aromatic rings. The molecule has 3 rings (SSSR count). The van der Waals surface area contributed by atoms with Crippen LogP contribution in [0.2, 0.25) is 0 Å². The SMILES string of the molecule is COc1cccc2c1C(=O)I(c1ccccc1)S2(=O)=C=O. The first kappa shape index (κ1) is 14.3. The molecule has 0 spiro atoms. The molecule has 0 N–H and O–H groups in total. The maximum absolute atomic E-state index is 13.2. The van der Waals surface area contributed by atoms with E-state index in [1.807, 2.05) is 6.07 Å². The molecule has 0 aliphatic carbocycles. The van der Waals surface area contributed by atoms with E-state index < -0.39 is 25.1 Å². The first-order valence-electron chi connectivity index (χ1n) is 6.03. The summed E-state index contributed by atoms with van der Waals surface area (Å²) in [7, 11) is 1.45. The van der Waals surface area contributed by atoms with E-state index in [0.29, 0.717) is 14.9 Å². The number of methoxy groups -OCH3 is 1. The van der Waals surface area contributed by atoms with Gasteiger partial charge in [0, 0.05) is 0 Å². The summed E-state index contributed by atoms with van der Waals surface area (Å²) in [6, 6.07) is 13.8. The fourth-order valence-corrected chi connectivity index (χ4v) is 14.6. The molecule has 0 fully saturated rings. The molecular formula is C15H11IO4S. The average molecular weight is 414 g/mol. The van der Waals surface area contributed by atoms with Gasteiger partial charge in [0.15, 0.2) is 0 Å². The topological polar surface area (TPSA) is 60.4 Å². The third-order valence-corrected chi connectivity index (χ3v) is 15.8. The van der Waals surface area contributed by atoms with Crippen LogP contribution in [0.25, 0.3) is 0 Å². The molecule has 6 heteroatoms. The second-order valence-corrected chi connectivity index (χ2v) is 15.2. The van der Waals surface area contributed by atoms with Gasteiger partial charge in [0.25, 0.3) is 0 Å². The summed E-state index contributed by atoms with van der Waals surface area (Å²) in [4.78, 5) is 24.5. The Labute approximate surface area is 128 Å². The minimum absolute atomic E-state index is 0.203. The summed E-state index contributed by atoms with van der Waals surface area (Å²) >= 11 is -2.92. The predicted octanol–water partition coefficient (Wildman–Crippen LogP) is 2.85. The van der Waals surface area contributed by atoms with Gasteiger partial charge in [-0.1, -0.05) is 0 Å². The fraction of sp³-hybridized carbons (Fsp3) is 0.0667. The molecule has 1 atom stereocenters. The Morgan fingerprint density at radius 2 is 1.81 bits per heavy atom. The van der Waals surface area contributed by atoms with Crippen LogP contribution in [0.1, 0.15) is 10.4 Å². The molecule has 0 radical (unpaired) electrons. The van der Waals surface area contributed by atoms with Crippen molar-refractivity contribution in [3.8, 4) is 5.75 Å². The first-order chi connectivity index (χ1) is 10.1. The van der Waals surface area contributed by atoms with E-state index in [9.17, 15) is 13.8 Å². The van der Waals surface area contributed by atoms with Crippen LogP contribution < -0.4 is 4.74 Å². The van der Waals surface area contributed by atoms with Crippen LogP contribution in [0.5, 0.6) is 5.75 Å². The summed E-state index contributed by atoms with van der Waals surface area (Å²) in [5.41, 5.74) is 0.294. The van der Waals surface area contributed by atoms with Crippen molar-refractivity contribution in [1.29, 1.82) is 0 Å². The zero-order valence-electron chi connectivity index (χ0n) is 11.0. The third-order valence-electron chi connectivity index (χ3n) is 3.10. The number of rotatable bonds is 2. The van der Waals surface area contributed by atoms with Crippen molar-refractivity contribution in [3.63, 3.8) is 0 Å². The van der Waals surface area contributed by atoms with E-state index in [2.05, 4.69) is 0 Å². The van der Waals surface area contributed by atoms with E-state index in [4.69, 9.17) is 4.74 Å². The molecule has 1 unspecified atom stereocenters. The van der Waals surface area contributed by atoms with E-state index in [-0.39, 0.29) is 8.69 Å². The minimum atomic E-state index is -3.11. The van der Waals surface area contributed by atoms with Crippen LogP contribution in [0, 0.1) is 3.57 Å². The number of benzene rings is 2. The van der Waals surface area contributed by atoms with E-state index >= 15 is 0 Å². The number of hydrogen-bond donors (Lipinski definition) is 0. The Morgan fingerprint density at radius 1 is 1.10 bits per heavy atom. The quantitative estimate of drug-likeness (QED) is 0.431. The fourth-order valence-electron chi connectivity index (χ4n) is 2.19. The Hall–Kier alpha value is -1.63. The van der Waals surface area contributed by atoms with Gasteiger partial charge in [0.2, 0.25) is 0 Å². The molecule has 1 aliphatic rings. The third kappa shape index (κ3) is 2.02. The van der Waals surface area contributed by atoms with E-state index in [0.717, 1.165) is 0 Å². The molecule has 1 heterocycles. The molecule has 2 aromatic carbocycles. The number of halogens is 1. The summed E-state index contributed by atoms with van der Waals surface area (Å²) in [5.74, 6) is 0.371. The molecule has 4 nitrogen and oxygen atoms in total. The monoisotopic (exact) mass is 414 g/mol. The Balaban J connectivity index is 2.35. The van der Waals surface area contributed by atoms with Gasteiger partial charge in [0.05, 0.1) is 0 Å². The normalized spacial score (nSPS) is 21.8. The molecular weight excluding hydrogens is 403 g/mol. The number of fused-ring (bicyclic) bond motifs is 1. The molecule has 0 aromatic heterocycles. The van der Waals surface area contributed by atoms with Crippen molar-refractivity contribution in [2.75, 3.05) is 7.11 Å². The van der Waals surface area contributed by atoms with Crippen LogP contribution in [0.3, 0.4) is 0 Å². The molecule has 21 heavy (non-hydrogen) atoms. The van der Waals surface area contributed by atoms with Gasteiger partial charge in [-0.05, 0) is 0 Å². The molecule has 0 saturated heterocycles. The number of carbonyl (C=O) groups is 1. The van der Waals surface area contributed by atoms with Crippen LogP contribution >= 0.6 is 18.4 Å². The van der Waals surface area contributed by atoms with Crippen LogP contribution in [-0.4, -0.2) is 20.3 Å². The Kier molecular flexibility index (Phi) is 3.61. The van der Waals surface area contributed by atoms with Gasteiger partial charge in [-0.15, -0.1) is 0 Å². The van der Waals surface area contributed by atoms with Crippen molar-refractivity contribution in [2.45, 2.75) is 4.90 Å². The first-order valence-corrected chi connectivity index (χ1v) is 12.3. The van der Waals surface area contributed by atoms with E-state index in [1.54, 1.807) is 47.7 Å². The predicted molar refractivity (Wildman–Crippen MR) is 88.6 cm³/mol. The van der Waals surface area contributed by atoms with Gasteiger partial charge in [0.1, 0.15) is 0 Å². The molecule has 1 aliphatic heterocycles. The zero-order chi connectivity index (χ0) is 15.0. The maximum atomic E-state index is 13.2. The average Bonchev–Trinajstić information content (AvgIpc) is 2.77. The van der Waals surface area contributed by atoms with Crippen molar-refractivity contribution < 1.29 is 18.5 Å². The van der Waals surface area contributed by atoms with Gasteiger partial charge in [-0.3, -0.25) is 0 Å². The molecule has 0 bridgehead atoms. The summed E-state index contributed by atoms with van der Waals surface area (Å²) < 4.78 is 18.9. The molecule has 0 amide bonds. The summed E-state index contributed by atoms with van der Waals surface area (Å²) in [5, 5.41) is 1.70. The van der Waals surface area contributed by atoms with Gasteiger partial charge < -0.3 is 0 Å². The Bertz CT molecular complexity index is 862. The van der Waals surface area contributed by atoms with Gasteiger partial charge >= 0.3 is 128 Å². The number of hydrogen-bond acceptors (Lipinski definition) is 4. The summed E-state index contributed by atoms with van der Waals surface area (Å²) in [6.45, 7) is -3.11. The van der Waals surface area contributed by atoms with E-state index in [1.165, 1.54) is 7.11 Å². The van der Waals surface area contributed by atoms with Crippen LogP contribution in [-0.2, 0) is 11.5 Å². The standard InChI is InChI=1S/C15H11IO4S/c1-20-12-8-5-9-13-14(12)15(18)16(21(13,19)10-17)11-6-3-2-4-7-11/h2-9H,1H3. The number of ether oxygens (including phenoxy) is 1. The van der Waals surface area contributed by atoms with Crippen LogP contribution in [0.4, 0.5) is 0 Å². The number of carbonyl (C=O) groups excluding carboxylic acids is 2. The molecule has 0 saturated carbocycles. The zero-order valence-corrected chi connectivity index (χ0v) is 14.0. The van der Waals surface area contributed by atoms with Crippen molar-refractivity contribution in [3.05, 3.63) is 57.7 Å². The summed E-state index contributed by atoms with van der Waals surface area (Å²) in [6.07, 6.45) is 0.